The molecule has 19 heavy (non-hydrogen) atoms. The number of hydrogen-bond acceptors (Lipinski definition) is 3. The van der Waals surface area contributed by atoms with Crippen LogP contribution >= 0.6 is 15.9 Å². The number of halogens is 4. The van der Waals surface area contributed by atoms with Gasteiger partial charge in [0.1, 0.15) is 12.4 Å². The summed E-state index contributed by atoms with van der Waals surface area (Å²) in [5.74, 6) is 0.383. The number of benzene rings is 1. The van der Waals surface area contributed by atoms with E-state index >= 15 is 0 Å². The summed E-state index contributed by atoms with van der Waals surface area (Å²) in [7, 11) is 0. The molecular formula is C12H12BrF3O3. The average Bonchev–Trinajstić information content (AvgIpc) is 2.33. The fraction of sp³-hybridized carbons (Fsp3) is 0.417. The summed E-state index contributed by atoms with van der Waals surface area (Å²) >= 11 is 3.23. The molecule has 3 nitrogen and oxygen atoms in total. The molecule has 1 rings (SSSR count). The topological polar surface area (TPSA) is 35.5 Å². The molecule has 0 N–H and O–H groups in total. The predicted octanol–water partition coefficient (Wildman–Crippen LogP) is 3.61. The highest BCUT2D eigenvalue weighted by Gasteiger charge is 2.27. The molecule has 0 saturated carbocycles. The molecule has 1 aromatic rings. The quantitative estimate of drug-likeness (QED) is 0.561. The van der Waals surface area contributed by atoms with Gasteiger partial charge in [0.2, 0.25) is 0 Å². The Morgan fingerprint density at radius 2 is 2.00 bits per heavy atom. The molecule has 106 valence electrons. The maximum atomic E-state index is 11.8. The number of carbonyl (C=O) groups excluding carboxylic acids is 1. The van der Waals surface area contributed by atoms with Gasteiger partial charge in [-0.1, -0.05) is 6.07 Å². The van der Waals surface area contributed by atoms with E-state index in [2.05, 4.69) is 20.7 Å². The molecule has 1 aromatic carbocycles. The third kappa shape index (κ3) is 6.07. The van der Waals surface area contributed by atoms with E-state index in [9.17, 15) is 18.0 Å². The summed E-state index contributed by atoms with van der Waals surface area (Å²) in [5.41, 5.74) is 0.380. The number of carbonyl (C=O) groups is 1. The lowest BCUT2D eigenvalue weighted by atomic mass is 10.2. The molecule has 0 aliphatic heterocycles. The van der Waals surface area contributed by atoms with Gasteiger partial charge in [-0.2, -0.15) is 13.2 Å². The van der Waals surface area contributed by atoms with Crippen molar-refractivity contribution in [2.45, 2.75) is 12.6 Å². The van der Waals surface area contributed by atoms with Crippen molar-refractivity contribution in [2.75, 3.05) is 19.8 Å². The van der Waals surface area contributed by atoms with E-state index in [1.54, 1.807) is 18.2 Å². The van der Waals surface area contributed by atoms with Crippen molar-refractivity contribution in [1.29, 1.82) is 0 Å². The fourth-order valence-corrected chi connectivity index (χ4v) is 1.79. The smallest absolute Gasteiger partial charge is 0.411 e. The maximum absolute atomic E-state index is 11.8. The lowest BCUT2D eigenvalue weighted by Crippen LogP contribution is -2.18. The molecule has 0 fully saturated rings. The van der Waals surface area contributed by atoms with Gasteiger partial charge in [-0.05, 0) is 28.1 Å². The zero-order valence-electron chi connectivity index (χ0n) is 9.87. The van der Waals surface area contributed by atoms with Crippen LogP contribution in [0.5, 0.6) is 5.75 Å². The molecular weight excluding hydrogens is 329 g/mol. The molecule has 0 aliphatic carbocycles. The van der Waals surface area contributed by atoms with Crippen molar-refractivity contribution in [2.24, 2.45) is 0 Å². The average molecular weight is 341 g/mol. The zero-order valence-corrected chi connectivity index (χ0v) is 11.5. The summed E-state index contributed by atoms with van der Waals surface area (Å²) in [4.78, 5) is 10.8. The standard InChI is InChI=1S/C12H12BrF3O3/c13-10-4-1-3-9(7-17)11(10)19-6-2-5-18-8-12(14,15)16/h1,3-4,7H,2,5-6,8H2. The van der Waals surface area contributed by atoms with Crippen LogP contribution < -0.4 is 4.74 Å². The largest absolute Gasteiger partial charge is 0.492 e. The van der Waals surface area contributed by atoms with Crippen molar-refractivity contribution in [1.82, 2.24) is 0 Å². The molecule has 0 aromatic heterocycles. The number of ether oxygens (including phenoxy) is 2. The Hall–Kier alpha value is -1.08. The van der Waals surface area contributed by atoms with Gasteiger partial charge in [-0.3, -0.25) is 4.79 Å². The Balaban J connectivity index is 2.32. The Bertz CT molecular complexity index is 421. The molecule has 0 spiro atoms. The van der Waals surface area contributed by atoms with Crippen LogP contribution in [-0.2, 0) is 4.74 Å². The van der Waals surface area contributed by atoms with E-state index in [1.807, 2.05) is 0 Å². The molecule has 0 atom stereocenters. The Morgan fingerprint density at radius 1 is 1.26 bits per heavy atom. The third-order valence-corrected chi connectivity index (χ3v) is 2.69. The normalized spacial score (nSPS) is 11.4. The van der Waals surface area contributed by atoms with Crippen molar-refractivity contribution < 1.29 is 27.4 Å². The second-order valence-corrected chi connectivity index (χ2v) is 4.50. The van der Waals surface area contributed by atoms with Gasteiger partial charge in [0.25, 0.3) is 0 Å². The van der Waals surface area contributed by atoms with Gasteiger partial charge in [-0.25, -0.2) is 0 Å². The number of alkyl halides is 3. The number of hydrogen-bond donors (Lipinski definition) is 0. The Morgan fingerprint density at radius 3 is 2.63 bits per heavy atom. The van der Waals surface area contributed by atoms with E-state index in [1.165, 1.54) is 0 Å². The van der Waals surface area contributed by atoms with Crippen molar-refractivity contribution in [3.63, 3.8) is 0 Å². The number of aldehydes is 1. The van der Waals surface area contributed by atoms with Gasteiger partial charge in [0.05, 0.1) is 23.2 Å². The predicted molar refractivity (Wildman–Crippen MR) is 66.5 cm³/mol. The molecule has 0 radical (unpaired) electrons. The monoisotopic (exact) mass is 340 g/mol. The van der Waals surface area contributed by atoms with Crippen LogP contribution in [0.15, 0.2) is 22.7 Å². The van der Waals surface area contributed by atoms with Crippen LogP contribution in [0, 0.1) is 0 Å². The van der Waals surface area contributed by atoms with Crippen LogP contribution in [0.2, 0.25) is 0 Å². The van der Waals surface area contributed by atoms with Gasteiger partial charge < -0.3 is 9.47 Å². The Kier molecular flexibility index (Phi) is 6.30. The van der Waals surface area contributed by atoms with Crippen LogP contribution in [-0.4, -0.2) is 32.3 Å². The van der Waals surface area contributed by atoms with E-state index in [0.29, 0.717) is 28.5 Å². The van der Waals surface area contributed by atoms with Gasteiger partial charge >= 0.3 is 6.18 Å². The summed E-state index contributed by atoms with van der Waals surface area (Å²) in [6.07, 6.45) is -3.36. The SMILES string of the molecule is O=Cc1cccc(Br)c1OCCCOCC(F)(F)F. The second-order valence-electron chi connectivity index (χ2n) is 3.65. The lowest BCUT2D eigenvalue weighted by Gasteiger charge is -2.11. The highest BCUT2D eigenvalue weighted by Crippen LogP contribution is 2.28. The maximum Gasteiger partial charge on any atom is 0.411 e. The van der Waals surface area contributed by atoms with Crippen LogP contribution in [0.25, 0.3) is 0 Å². The molecule has 7 heteroatoms. The van der Waals surface area contributed by atoms with Gasteiger partial charge in [0.15, 0.2) is 6.29 Å². The third-order valence-electron chi connectivity index (χ3n) is 2.07. The van der Waals surface area contributed by atoms with Crippen LogP contribution in [0.3, 0.4) is 0 Å². The minimum Gasteiger partial charge on any atom is -0.492 e. The van der Waals surface area contributed by atoms with E-state index < -0.39 is 12.8 Å². The summed E-state index contributed by atoms with van der Waals surface area (Å²) in [5, 5.41) is 0. The second kappa shape index (κ2) is 7.49. The minimum atomic E-state index is -4.31. The highest BCUT2D eigenvalue weighted by molar-refractivity contribution is 9.10. The zero-order chi connectivity index (χ0) is 14.3. The molecule has 0 amide bonds. The summed E-state index contributed by atoms with van der Waals surface area (Å²) < 4.78 is 45.7. The van der Waals surface area contributed by atoms with Crippen LogP contribution in [0.1, 0.15) is 16.8 Å². The van der Waals surface area contributed by atoms with E-state index in [4.69, 9.17) is 4.74 Å². The molecule has 0 heterocycles. The Labute approximate surface area is 116 Å². The first-order valence-electron chi connectivity index (χ1n) is 5.45. The van der Waals surface area contributed by atoms with Crippen LogP contribution in [0.4, 0.5) is 13.2 Å². The first kappa shape index (κ1) is 16.0. The minimum absolute atomic E-state index is 0.0552. The molecule has 0 bridgehead atoms. The van der Waals surface area contributed by atoms with Gasteiger partial charge in [0, 0.05) is 6.42 Å². The number of rotatable bonds is 7. The van der Waals surface area contributed by atoms with Crippen molar-refractivity contribution >= 4 is 22.2 Å². The molecule has 0 saturated heterocycles. The van der Waals surface area contributed by atoms with Crippen molar-refractivity contribution in [3.05, 3.63) is 28.2 Å². The summed E-state index contributed by atoms with van der Waals surface area (Å²) in [6.45, 7) is -1.15. The molecule has 0 unspecified atom stereocenters. The summed E-state index contributed by atoms with van der Waals surface area (Å²) in [6, 6.07) is 4.99. The highest BCUT2D eigenvalue weighted by atomic mass is 79.9. The first-order valence-corrected chi connectivity index (χ1v) is 6.24. The van der Waals surface area contributed by atoms with E-state index in [-0.39, 0.29) is 13.2 Å². The van der Waals surface area contributed by atoms with Gasteiger partial charge in [-0.15, -0.1) is 0 Å². The number of para-hydroxylation sites is 1. The first-order chi connectivity index (χ1) is 8.94. The lowest BCUT2D eigenvalue weighted by molar-refractivity contribution is -0.174. The van der Waals surface area contributed by atoms with Crippen molar-refractivity contribution in [3.8, 4) is 5.75 Å². The molecule has 0 aliphatic rings. The fourth-order valence-electron chi connectivity index (χ4n) is 1.29. The van der Waals surface area contributed by atoms with E-state index in [0.717, 1.165) is 0 Å².